The summed E-state index contributed by atoms with van der Waals surface area (Å²) in [5.74, 6) is -0.774. The first kappa shape index (κ1) is 11.7. The molecule has 17 heavy (non-hydrogen) atoms. The van der Waals surface area contributed by atoms with Crippen molar-refractivity contribution in [1.82, 2.24) is 4.90 Å². The molecule has 1 amide bonds. The summed E-state index contributed by atoms with van der Waals surface area (Å²) in [4.78, 5) is 24.4. The van der Waals surface area contributed by atoms with Gasteiger partial charge in [-0.2, -0.15) is 0 Å². The molecule has 1 aromatic heterocycles. The second kappa shape index (κ2) is 4.58. The van der Waals surface area contributed by atoms with Crippen LogP contribution in [0.15, 0.2) is 16.7 Å². The van der Waals surface area contributed by atoms with Crippen LogP contribution >= 0.6 is 0 Å². The minimum Gasteiger partial charge on any atom is -0.480 e. The zero-order valence-electron chi connectivity index (χ0n) is 9.38. The van der Waals surface area contributed by atoms with Crippen molar-refractivity contribution < 1.29 is 23.8 Å². The highest BCUT2D eigenvalue weighted by molar-refractivity contribution is 5.96. The van der Waals surface area contributed by atoms with Crippen LogP contribution in [0.3, 0.4) is 0 Å². The first-order chi connectivity index (χ1) is 8.09. The molecule has 0 bridgehead atoms. The maximum absolute atomic E-state index is 12.1. The molecule has 6 heteroatoms. The van der Waals surface area contributed by atoms with Crippen molar-refractivity contribution in [2.75, 3.05) is 19.8 Å². The van der Waals surface area contributed by atoms with Crippen molar-refractivity contribution in [3.05, 3.63) is 23.7 Å². The van der Waals surface area contributed by atoms with Gasteiger partial charge in [-0.25, -0.2) is 4.79 Å². The van der Waals surface area contributed by atoms with Gasteiger partial charge in [-0.3, -0.25) is 4.79 Å². The van der Waals surface area contributed by atoms with Crippen LogP contribution in [-0.2, 0) is 9.53 Å². The van der Waals surface area contributed by atoms with E-state index in [1.165, 1.54) is 11.2 Å². The molecular formula is C11H13NO5. The first-order valence-electron chi connectivity index (χ1n) is 5.26. The lowest BCUT2D eigenvalue weighted by Gasteiger charge is -2.32. The predicted octanol–water partition coefficient (Wildman–Crippen LogP) is 0.514. The quantitative estimate of drug-likeness (QED) is 0.813. The van der Waals surface area contributed by atoms with Gasteiger partial charge in [-0.15, -0.1) is 0 Å². The molecule has 1 aliphatic rings. The molecule has 92 valence electrons. The van der Waals surface area contributed by atoms with Gasteiger partial charge in [0.1, 0.15) is 12.0 Å². The second-order valence-corrected chi connectivity index (χ2v) is 3.87. The third kappa shape index (κ3) is 2.31. The minimum atomic E-state index is -1.06. The number of hydrogen-bond donors (Lipinski definition) is 1. The van der Waals surface area contributed by atoms with E-state index in [0.29, 0.717) is 17.9 Å². The predicted molar refractivity (Wildman–Crippen MR) is 56.7 cm³/mol. The smallest absolute Gasteiger partial charge is 0.328 e. The largest absolute Gasteiger partial charge is 0.480 e. The Kier molecular flexibility index (Phi) is 3.14. The zero-order valence-corrected chi connectivity index (χ0v) is 9.38. The summed E-state index contributed by atoms with van der Waals surface area (Å²) in [5.41, 5.74) is 0.371. The third-order valence-electron chi connectivity index (χ3n) is 2.65. The Morgan fingerprint density at radius 3 is 2.88 bits per heavy atom. The highest BCUT2D eigenvalue weighted by Gasteiger charge is 2.33. The zero-order chi connectivity index (χ0) is 12.4. The van der Waals surface area contributed by atoms with Crippen LogP contribution in [-0.4, -0.2) is 47.7 Å². The summed E-state index contributed by atoms with van der Waals surface area (Å²) < 4.78 is 10.1. The van der Waals surface area contributed by atoms with E-state index in [4.69, 9.17) is 14.3 Å². The van der Waals surface area contributed by atoms with Gasteiger partial charge >= 0.3 is 5.97 Å². The summed E-state index contributed by atoms with van der Waals surface area (Å²) in [5, 5.41) is 9.01. The molecule has 1 unspecified atom stereocenters. The van der Waals surface area contributed by atoms with Gasteiger partial charge in [0.15, 0.2) is 6.04 Å². The van der Waals surface area contributed by atoms with Crippen molar-refractivity contribution in [1.29, 1.82) is 0 Å². The van der Waals surface area contributed by atoms with Gasteiger partial charge in [0.05, 0.1) is 18.8 Å². The molecule has 1 aromatic rings. The molecule has 1 saturated heterocycles. The molecule has 1 fully saturated rings. The number of carboxylic acids is 1. The Morgan fingerprint density at radius 2 is 2.29 bits per heavy atom. The molecule has 6 nitrogen and oxygen atoms in total. The normalized spacial score (nSPS) is 20.3. The molecule has 0 radical (unpaired) electrons. The number of ether oxygens (including phenoxy) is 1. The molecule has 2 rings (SSSR count). The van der Waals surface area contributed by atoms with E-state index in [1.807, 2.05) is 0 Å². The van der Waals surface area contributed by atoms with E-state index in [-0.39, 0.29) is 19.1 Å². The summed E-state index contributed by atoms with van der Waals surface area (Å²) >= 11 is 0. The van der Waals surface area contributed by atoms with Gasteiger partial charge in [0, 0.05) is 6.54 Å². The number of nitrogens with zero attached hydrogens (tertiary/aromatic N) is 1. The lowest BCUT2D eigenvalue weighted by Crippen LogP contribution is -2.52. The third-order valence-corrected chi connectivity index (χ3v) is 2.65. The van der Waals surface area contributed by atoms with Crippen LogP contribution in [0.5, 0.6) is 0 Å². The fraction of sp³-hybridized carbons (Fsp3) is 0.455. The van der Waals surface area contributed by atoms with E-state index in [2.05, 4.69) is 0 Å². The summed E-state index contributed by atoms with van der Waals surface area (Å²) in [6, 6.07) is 0.669. The summed E-state index contributed by atoms with van der Waals surface area (Å²) in [7, 11) is 0. The van der Waals surface area contributed by atoms with Gasteiger partial charge in [0.25, 0.3) is 5.91 Å². The van der Waals surface area contributed by atoms with E-state index >= 15 is 0 Å². The van der Waals surface area contributed by atoms with Crippen LogP contribution < -0.4 is 0 Å². The van der Waals surface area contributed by atoms with Gasteiger partial charge in [-0.05, 0) is 13.0 Å². The number of morpholine rings is 1. The summed E-state index contributed by atoms with van der Waals surface area (Å²) in [6.07, 6.45) is 1.34. The Balaban J connectivity index is 2.19. The lowest BCUT2D eigenvalue weighted by molar-refractivity contribution is -0.147. The number of carbonyl (C=O) groups is 2. The molecule has 1 aliphatic heterocycles. The lowest BCUT2D eigenvalue weighted by atomic mass is 10.2. The molecule has 0 aromatic carbocycles. The van der Waals surface area contributed by atoms with Crippen LogP contribution in [0.25, 0.3) is 0 Å². The Morgan fingerprint density at radius 1 is 1.53 bits per heavy atom. The topological polar surface area (TPSA) is 80.0 Å². The molecule has 1 N–H and O–H groups in total. The minimum absolute atomic E-state index is 0.0257. The molecule has 0 aliphatic carbocycles. The van der Waals surface area contributed by atoms with Gasteiger partial charge in [0.2, 0.25) is 0 Å². The van der Waals surface area contributed by atoms with E-state index in [1.54, 1.807) is 13.0 Å². The maximum Gasteiger partial charge on any atom is 0.328 e. The number of aryl methyl sites for hydroxylation is 1. The Labute approximate surface area is 97.8 Å². The van der Waals surface area contributed by atoms with E-state index in [9.17, 15) is 9.59 Å². The number of aliphatic carboxylic acids is 1. The highest BCUT2D eigenvalue weighted by atomic mass is 16.5. The van der Waals surface area contributed by atoms with Crippen molar-refractivity contribution >= 4 is 11.9 Å². The molecule has 0 saturated carbocycles. The van der Waals surface area contributed by atoms with E-state index in [0.717, 1.165) is 0 Å². The highest BCUT2D eigenvalue weighted by Crippen LogP contribution is 2.15. The monoisotopic (exact) mass is 239 g/mol. The molecule has 0 spiro atoms. The number of rotatable bonds is 2. The SMILES string of the molecule is Cc1cc(C(=O)N2CCOCC2C(=O)O)co1. The van der Waals surface area contributed by atoms with Crippen LogP contribution in [0.1, 0.15) is 16.1 Å². The maximum atomic E-state index is 12.1. The van der Waals surface area contributed by atoms with Crippen molar-refractivity contribution in [2.24, 2.45) is 0 Å². The van der Waals surface area contributed by atoms with Gasteiger partial charge in [-0.1, -0.05) is 0 Å². The Bertz CT molecular complexity index is 439. The molecule has 1 atom stereocenters. The van der Waals surface area contributed by atoms with Crippen molar-refractivity contribution in [3.63, 3.8) is 0 Å². The number of carbonyl (C=O) groups excluding carboxylic acids is 1. The number of furan rings is 1. The summed E-state index contributed by atoms with van der Waals surface area (Å²) in [6.45, 7) is 2.38. The van der Waals surface area contributed by atoms with Crippen LogP contribution in [0.2, 0.25) is 0 Å². The first-order valence-corrected chi connectivity index (χ1v) is 5.26. The second-order valence-electron chi connectivity index (χ2n) is 3.87. The number of amides is 1. The average molecular weight is 239 g/mol. The van der Waals surface area contributed by atoms with Crippen LogP contribution in [0.4, 0.5) is 0 Å². The van der Waals surface area contributed by atoms with Crippen LogP contribution in [0, 0.1) is 6.92 Å². The Hall–Kier alpha value is -1.82. The van der Waals surface area contributed by atoms with Gasteiger partial charge < -0.3 is 19.2 Å². The average Bonchev–Trinajstić information content (AvgIpc) is 2.75. The fourth-order valence-electron chi connectivity index (χ4n) is 1.77. The fourth-order valence-corrected chi connectivity index (χ4v) is 1.77. The number of hydrogen-bond acceptors (Lipinski definition) is 4. The van der Waals surface area contributed by atoms with Crippen molar-refractivity contribution in [2.45, 2.75) is 13.0 Å². The standard InChI is InChI=1S/C11H13NO5/c1-7-4-8(5-17-7)10(13)12-2-3-16-6-9(12)11(14)15/h4-5,9H,2-3,6H2,1H3,(H,14,15). The number of carboxylic acid groups (broad SMARTS) is 1. The van der Waals surface area contributed by atoms with Crippen molar-refractivity contribution in [3.8, 4) is 0 Å². The molecule has 2 heterocycles. The molecular weight excluding hydrogens is 226 g/mol. The van der Waals surface area contributed by atoms with E-state index < -0.39 is 12.0 Å².